The van der Waals surface area contributed by atoms with E-state index in [0.29, 0.717) is 46.5 Å². The molecule has 4 heterocycles. The minimum absolute atomic E-state index is 0.0381. The first kappa shape index (κ1) is 37.2. The van der Waals surface area contributed by atoms with E-state index in [1.54, 1.807) is 10.7 Å². The van der Waals surface area contributed by atoms with E-state index in [1.807, 2.05) is 64.4 Å². The quantitative estimate of drug-likeness (QED) is 0.141. The first-order chi connectivity index (χ1) is 25.4. The van der Waals surface area contributed by atoms with Crippen LogP contribution in [0.1, 0.15) is 68.4 Å². The van der Waals surface area contributed by atoms with E-state index in [0.717, 1.165) is 56.7 Å². The highest BCUT2D eigenvalue weighted by Gasteiger charge is 2.38. The van der Waals surface area contributed by atoms with Gasteiger partial charge in [-0.15, -0.1) is 13.2 Å². The molecule has 6 aromatic rings. The minimum atomic E-state index is -5.03. The Morgan fingerprint density at radius 3 is 2.37 bits per heavy atom. The van der Waals surface area contributed by atoms with E-state index >= 15 is 0 Å². The van der Waals surface area contributed by atoms with Crippen molar-refractivity contribution in [1.29, 1.82) is 0 Å². The summed E-state index contributed by atoms with van der Waals surface area (Å²) in [5, 5.41) is 16.4. The standard InChI is InChI=1S/C39H36Cl2F3N5O5/c1-18-12-24(13-19(2)33(18)41)53-11-7-8-26-27-9-10-28(40)32(31-21(4)46-47(6)22(31)5)35(27)49-20(3)17-48(37(50)36(26)49)30-16-25(54-39(42,43)44)14-23-15-29(38(51)52)45-34(23)30/h9-10,12-16,20,45H,7-8,11,17H2,1-6H3,(H,51,52)/t20-/m1/s1. The van der Waals surface area contributed by atoms with Crippen LogP contribution in [-0.2, 0) is 13.5 Å². The number of aromatic carboxylic acids is 1. The lowest BCUT2D eigenvalue weighted by molar-refractivity contribution is -0.274. The second-order valence-electron chi connectivity index (χ2n) is 13.7. The van der Waals surface area contributed by atoms with Crippen LogP contribution in [0.25, 0.3) is 32.9 Å². The lowest BCUT2D eigenvalue weighted by Crippen LogP contribution is -2.43. The minimum Gasteiger partial charge on any atom is -0.494 e. The zero-order chi connectivity index (χ0) is 39.0. The monoisotopic (exact) mass is 781 g/mol. The lowest BCUT2D eigenvalue weighted by atomic mass is 9.98. The number of carbonyl (C=O) groups is 2. The summed E-state index contributed by atoms with van der Waals surface area (Å²) in [5.74, 6) is -1.72. The lowest BCUT2D eigenvalue weighted by Gasteiger charge is -2.34. The van der Waals surface area contributed by atoms with E-state index in [1.165, 1.54) is 11.0 Å². The van der Waals surface area contributed by atoms with Gasteiger partial charge in [0.15, 0.2) is 0 Å². The number of carboxylic acid groups (broad SMARTS) is 1. The molecule has 0 radical (unpaired) electrons. The van der Waals surface area contributed by atoms with Gasteiger partial charge in [-0.05, 0) is 94.5 Å². The molecule has 54 heavy (non-hydrogen) atoms. The Hall–Kier alpha value is -5.14. The number of rotatable bonds is 9. The van der Waals surface area contributed by atoms with Gasteiger partial charge in [-0.3, -0.25) is 9.48 Å². The molecule has 1 atom stereocenters. The summed E-state index contributed by atoms with van der Waals surface area (Å²) in [5.41, 5.74) is 6.74. The molecule has 1 aliphatic heterocycles. The fraction of sp³-hybridized carbons (Fsp3) is 0.308. The molecule has 0 aliphatic carbocycles. The first-order valence-electron chi connectivity index (χ1n) is 17.2. The van der Waals surface area contributed by atoms with E-state index in [9.17, 15) is 27.9 Å². The predicted octanol–water partition coefficient (Wildman–Crippen LogP) is 9.89. The van der Waals surface area contributed by atoms with Gasteiger partial charge >= 0.3 is 12.3 Å². The Labute approximate surface area is 318 Å². The maximum atomic E-state index is 15.0. The highest BCUT2D eigenvalue weighted by Crippen LogP contribution is 2.46. The van der Waals surface area contributed by atoms with Crippen molar-refractivity contribution in [3.8, 4) is 22.6 Å². The number of carboxylic acids is 1. The molecule has 0 saturated heterocycles. The number of anilines is 1. The van der Waals surface area contributed by atoms with E-state index in [4.69, 9.17) is 27.9 Å². The maximum absolute atomic E-state index is 15.0. The van der Waals surface area contributed by atoms with Gasteiger partial charge in [-0.1, -0.05) is 29.3 Å². The Balaban J connectivity index is 1.39. The number of benzene rings is 3. The zero-order valence-corrected chi connectivity index (χ0v) is 31.7. The number of carbonyl (C=O) groups excluding carboxylic acids is 1. The number of nitrogens with one attached hydrogen (secondary N) is 1. The summed E-state index contributed by atoms with van der Waals surface area (Å²) >= 11 is 13.4. The Morgan fingerprint density at radius 2 is 1.74 bits per heavy atom. The third-order valence-electron chi connectivity index (χ3n) is 10.00. The highest BCUT2D eigenvalue weighted by atomic mass is 35.5. The number of aromatic amines is 1. The molecule has 0 spiro atoms. The van der Waals surface area contributed by atoms with Crippen molar-refractivity contribution in [2.24, 2.45) is 7.05 Å². The van der Waals surface area contributed by atoms with Crippen molar-refractivity contribution < 1.29 is 37.3 Å². The third kappa shape index (κ3) is 6.42. The van der Waals surface area contributed by atoms with Crippen LogP contribution in [0.5, 0.6) is 11.5 Å². The number of aryl methyl sites for hydroxylation is 5. The number of H-pyrrole nitrogens is 1. The van der Waals surface area contributed by atoms with Crippen molar-refractivity contribution in [1.82, 2.24) is 19.3 Å². The molecular formula is C39H36Cl2F3N5O5. The Kier molecular flexibility index (Phi) is 9.38. The van der Waals surface area contributed by atoms with Crippen molar-refractivity contribution in [2.45, 2.75) is 59.9 Å². The van der Waals surface area contributed by atoms with Crippen LogP contribution in [0.2, 0.25) is 10.0 Å². The van der Waals surface area contributed by atoms with Crippen LogP contribution in [0.4, 0.5) is 18.9 Å². The number of amides is 1. The van der Waals surface area contributed by atoms with Crippen LogP contribution in [0.3, 0.4) is 0 Å². The SMILES string of the molecule is Cc1cc(OCCCc2c3n(c4c(-c5c(C)nn(C)c5C)c(Cl)ccc24)[C@H](C)CN(c2cc(OC(F)(F)F)cc4cc(C(=O)O)[nH]c24)C3=O)cc(C)c1Cl. The van der Waals surface area contributed by atoms with Crippen molar-refractivity contribution in [2.75, 3.05) is 18.1 Å². The molecule has 282 valence electrons. The number of hydrogen-bond acceptors (Lipinski definition) is 5. The molecule has 1 aliphatic rings. The molecule has 1 amide bonds. The van der Waals surface area contributed by atoms with Gasteiger partial charge in [0.1, 0.15) is 22.9 Å². The fourth-order valence-electron chi connectivity index (χ4n) is 7.66. The van der Waals surface area contributed by atoms with Gasteiger partial charge in [0.25, 0.3) is 5.91 Å². The summed E-state index contributed by atoms with van der Waals surface area (Å²) in [4.78, 5) is 31.1. The number of ether oxygens (including phenoxy) is 2. The van der Waals surface area contributed by atoms with Gasteiger partial charge in [0.05, 0.1) is 34.0 Å². The average molecular weight is 783 g/mol. The molecule has 0 fully saturated rings. The average Bonchev–Trinajstić information content (AvgIpc) is 3.74. The molecule has 3 aromatic heterocycles. The zero-order valence-electron chi connectivity index (χ0n) is 30.2. The number of halogens is 5. The molecule has 0 bridgehead atoms. The number of nitrogens with zero attached hydrogens (tertiary/aromatic N) is 4. The fourth-order valence-corrected chi connectivity index (χ4v) is 8.01. The second-order valence-corrected chi connectivity index (χ2v) is 14.5. The molecule has 15 heteroatoms. The molecule has 2 N–H and O–H groups in total. The van der Waals surface area contributed by atoms with Gasteiger partial charge < -0.3 is 29.0 Å². The van der Waals surface area contributed by atoms with Crippen molar-refractivity contribution in [3.05, 3.63) is 92.0 Å². The second kappa shape index (κ2) is 13.6. The number of alkyl halides is 3. The Morgan fingerprint density at radius 1 is 1.04 bits per heavy atom. The maximum Gasteiger partial charge on any atom is 0.573 e. The summed E-state index contributed by atoms with van der Waals surface area (Å²) in [6.45, 7) is 9.93. The Bertz CT molecular complexity index is 2500. The van der Waals surface area contributed by atoms with Crippen LogP contribution in [-0.4, -0.2) is 55.8 Å². The summed E-state index contributed by atoms with van der Waals surface area (Å²) < 4.78 is 54.7. The predicted molar refractivity (Wildman–Crippen MR) is 202 cm³/mol. The molecule has 7 rings (SSSR count). The number of fused-ring (bicyclic) bond motifs is 4. The van der Waals surface area contributed by atoms with Crippen LogP contribution in [0, 0.1) is 27.7 Å². The summed E-state index contributed by atoms with van der Waals surface area (Å²) in [6.07, 6.45) is -4.12. The van der Waals surface area contributed by atoms with Gasteiger partial charge in [0, 0.05) is 58.3 Å². The molecule has 10 nitrogen and oxygen atoms in total. The summed E-state index contributed by atoms with van der Waals surface area (Å²) in [7, 11) is 1.85. The van der Waals surface area contributed by atoms with Gasteiger partial charge in [-0.2, -0.15) is 5.10 Å². The van der Waals surface area contributed by atoms with E-state index < -0.39 is 30.0 Å². The largest absolute Gasteiger partial charge is 0.573 e. The topological polar surface area (TPSA) is 115 Å². The molecule has 0 unspecified atom stereocenters. The van der Waals surface area contributed by atoms with Crippen LogP contribution >= 0.6 is 23.2 Å². The smallest absolute Gasteiger partial charge is 0.494 e. The van der Waals surface area contributed by atoms with Crippen LogP contribution < -0.4 is 14.4 Å². The third-order valence-corrected chi connectivity index (χ3v) is 10.9. The molecular weight excluding hydrogens is 746 g/mol. The molecule has 0 saturated carbocycles. The number of aromatic nitrogens is 4. The normalized spacial score (nSPS) is 14.7. The van der Waals surface area contributed by atoms with E-state index in [-0.39, 0.29) is 28.8 Å². The molecule has 3 aromatic carbocycles. The first-order valence-corrected chi connectivity index (χ1v) is 17.9. The highest BCUT2D eigenvalue weighted by molar-refractivity contribution is 6.35. The summed E-state index contributed by atoms with van der Waals surface area (Å²) in [6, 6.07) is 10.4. The number of hydrogen-bond donors (Lipinski definition) is 2. The van der Waals surface area contributed by atoms with E-state index in [2.05, 4.69) is 14.8 Å². The van der Waals surface area contributed by atoms with Gasteiger partial charge in [0.2, 0.25) is 0 Å². The van der Waals surface area contributed by atoms with Crippen molar-refractivity contribution in [3.63, 3.8) is 0 Å². The van der Waals surface area contributed by atoms with Crippen LogP contribution in [0.15, 0.2) is 42.5 Å². The van der Waals surface area contributed by atoms with Crippen molar-refractivity contribution >= 4 is 62.6 Å². The van der Waals surface area contributed by atoms with Gasteiger partial charge in [-0.25, -0.2) is 4.79 Å².